The lowest BCUT2D eigenvalue weighted by atomic mass is 10.3. The highest BCUT2D eigenvalue weighted by atomic mass is 32.1. The van der Waals surface area contributed by atoms with E-state index >= 15 is 0 Å². The first-order valence-corrected chi connectivity index (χ1v) is 6.25. The minimum Gasteiger partial charge on any atom is -0.494 e. The molecule has 6 heteroatoms. The molecular weight excluding hydrogens is 252 g/mol. The molecule has 0 aliphatic heterocycles. The lowest BCUT2D eigenvalue weighted by Crippen LogP contribution is -2.01. The maximum absolute atomic E-state index is 10.9. The number of hydrogen-bond donors (Lipinski definition) is 2. The zero-order valence-corrected chi connectivity index (χ0v) is 10.5. The summed E-state index contributed by atoms with van der Waals surface area (Å²) in [5.74, 6) is -0.254. The Bertz CT molecular complexity index is 537. The maximum atomic E-state index is 10.9. The van der Waals surface area contributed by atoms with Crippen molar-refractivity contribution in [3.05, 3.63) is 35.5 Å². The SMILES string of the molecule is CCOc1ccc(Nc2scnc2C(=O)O)cc1. The Hall–Kier alpha value is -2.08. The highest BCUT2D eigenvalue weighted by Crippen LogP contribution is 2.26. The molecular formula is C12H12N2O3S. The van der Waals surface area contributed by atoms with Gasteiger partial charge >= 0.3 is 5.97 Å². The van der Waals surface area contributed by atoms with Crippen LogP contribution in [0.2, 0.25) is 0 Å². The van der Waals surface area contributed by atoms with Gasteiger partial charge in [-0.25, -0.2) is 9.78 Å². The van der Waals surface area contributed by atoms with E-state index in [0.29, 0.717) is 11.6 Å². The summed E-state index contributed by atoms with van der Waals surface area (Å²) < 4.78 is 5.33. The van der Waals surface area contributed by atoms with Crippen LogP contribution in [0.5, 0.6) is 5.75 Å². The molecule has 18 heavy (non-hydrogen) atoms. The normalized spacial score (nSPS) is 10.1. The monoisotopic (exact) mass is 264 g/mol. The average molecular weight is 264 g/mol. The fourth-order valence-electron chi connectivity index (χ4n) is 1.42. The van der Waals surface area contributed by atoms with E-state index in [-0.39, 0.29) is 5.69 Å². The Morgan fingerprint density at radius 3 is 2.78 bits per heavy atom. The molecule has 2 rings (SSSR count). The second-order valence-corrected chi connectivity index (χ2v) is 4.27. The summed E-state index contributed by atoms with van der Waals surface area (Å²) in [4.78, 5) is 14.7. The van der Waals surface area contributed by atoms with Crippen LogP contribution in [0, 0.1) is 0 Å². The van der Waals surface area contributed by atoms with Crippen molar-refractivity contribution in [2.45, 2.75) is 6.92 Å². The van der Waals surface area contributed by atoms with Crippen molar-refractivity contribution < 1.29 is 14.6 Å². The molecule has 0 bridgehead atoms. The number of carbonyl (C=O) groups is 1. The van der Waals surface area contributed by atoms with Gasteiger partial charge in [-0.05, 0) is 31.2 Å². The van der Waals surface area contributed by atoms with Crippen LogP contribution in [0.4, 0.5) is 10.7 Å². The number of hydrogen-bond acceptors (Lipinski definition) is 5. The van der Waals surface area contributed by atoms with Crippen molar-refractivity contribution in [3.8, 4) is 5.75 Å². The minimum absolute atomic E-state index is 0.0360. The molecule has 0 saturated carbocycles. The molecule has 5 nitrogen and oxygen atoms in total. The van der Waals surface area contributed by atoms with Crippen molar-refractivity contribution in [2.75, 3.05) is 11.9 Å². The van der Waals surface area contributed by atoms with E-state index in [9.17, 15) is 4.79 Å². The molecule has 0 amide bonds. The third-order valence-corrected chi connectivity index (χ3v) is 2.94. The van der Waals surface area contributed by atoms with Crippen LogP contribution < -0.4 is 10.1 Å². The van der Waals surface area contributed by atoms with Gasteiger partial charge in [-0.3, -0.25) is 0 Å². The van der Waals surface area contributed by atoms with Crippen LogP contribution in [-0.4, -0.2) is 22.7 Å². The summed E-state index contributed by atoms with van der Waals surface area (Å²) in [5, 5.41) is 12.5. The third-order valence-electron chi connectivity index (χ3n) is 2.19. The van der Waals surface area contributed by atoms with Crippen LogP contribution >= 0.6 is 11.3 Å². The van der Waals surface area contributed by atoms with Gasteiger partial charge in [0.1, 0.15) is 10.8 Å². The van der Waals surface area contributed by atoms with Gasteiger partial charge < -0.3 is 15.2 Å². The van der Waals surface area contributed by atoms with Crippen molar-refractivity contribution in [2.24, 2.45) is 0 Å². The number of carboxylic acid groups (broad SMARTS) is 1. The second-order valence-electron chi connectivity index (χ2n) is 3.42. The fourth-order valence-corrected chi connectivity index (χ4v) is 2.11. The van der Waals surface area contributed by atoms with Gasteiger partial charge in [-0.15, -0.1) is 11.3 Å². The van der Waals surface area contributed by atoms with Gasteiger partial charge in [0.15, 0.2) is 5.69 Å². The molecule has 1 aromatic carbocycles. The molecule has 0 fully saturated rings. The molecule has 94 valence electrons. The zero-order valence-electron chi connectivity index (χ0n) is 9.71. The van der Waals surface area contributed by atoms with Crippen molar-refractivity contribution in [1.82, 2.24) is 4.98 Å². The summed E-state index contributed by atoms with van der Waals surface area (Å²) in [6, 6.07) is 7.31. The molecule has 0 radical (unpaired) electrons. The lowest BCUT2D eigenvalue weighted by molar-refractivity contribution is 0.0692. The number of anilines is 2. The third kappa shape index (κ3) is 2.78. The maximum Gasteiger partial charge on any atom is 0.357 e. The van der Waals surface area contributed by atoms with Crippen LogP contribution in [0.25, 0.3) is 0 Å². The highest BCUT2D eigenvalue weighted by molar-refractivity contribution is 7.14. The van der Waals surface area contributed by atoms with Gasteiger partial charge in [0.2, 0.25) is 0 Å². The molecule has 2 N–H and O–H groups in total. The van der Waals surface area contributed by atoms with E-state index in [2.05, 4.69) is 10.3 Å². The standard InChI is InChI=1S/C12H12N2O3S/c1-2-17-9-5-3-8(4-6-9)14-11-10(12(15)16)13-7-18-11/h3-7,14H,2H2,1H3,(H,15,16). The summed E-state index contributed by atoms with van der Waals surface area (Å²) in [6.07, 6.45) is 0. The van der Waals surface area contributed by atoms with E-state index in [4.69, 9.17) is 9.84 Å². The van der Waals surface area contributed by atoms with Crippen LogP contribution in [0.1, 0.15) is 17.4 Å². The smallest absolute Gasteiger partial charge is 0.357 e. The minimum atomic E-state index is -1.04. The predicted molar refractivity (Wildman–Crippen MR) is 70.0 cm³/mol. The molecule has 0 aliphatic rings. The summed E-state index contributed by atoms with van der Waals surface area (Å²) in [6.45, 7) is 2.54. The first-order chi connectivity index (χ1) is 8.70. The molecule has 0 saturated heterocycles. The van der Waals surface area contributed by atoms with Crippen LogP contribution in [0.15, 0.2) is 29.8 Å². The number of aromatic nitrogens is 1. The van der Waals surface area contributed by atoms with Gasteiger partial charge in [-0.2, -0.15) is 0 Å². The molecule has 0 spiro atoms. The van der Waals surface area contributed by atoms with E-state index in [1.165, 1.54) is 16.8 Å². The molecule has 0 unspecified atom stereocenters. The number of ether oxygens (including phenoxy) is 1. The van der Waals surface area contributed by atoms with Crippen molar-refractivity contribution >= 4 is 28.0 Å². The van der Waals surface area contributed by atoms with Gasteiger partial charge in [0, 0.05) is 5.69 Å². The first-order valence-electron chi connectivity index (χ1n) is 5.37. The zero-order chi connectivity index (χ0) is 13.0. The molecule has 0 aliphatic carbocycles. The fraction of sp³-hybridized carbons (Fsp3) is 0.167. The first kappa shape index (κ1) is 12.4. The Morgan fingerprint density at radius 1 is 1.44 bits per heavy atom. The molecule has 2 aromatic rings. The number of thiazole rings is 1. The van der Waals surface area contributed by atoms with E-state index < -0.39 is 5.97 Å². The van der Waals surface area contributed by atoms with Crippen molar-refractivity contribution in [3.63, 3.8) is 0 Å². The lowest BCUT2D eigenvalue weighted by Gasteiger charge is -2.06. The number of rotatable bonds is 5. The van der Waals surface area contributed by atoms with Crippen LogP contribution in [0.3, 0.4) is 0 Å². The van der Waals surface area contributed by atoms with Gasteiger partial charge in [0.05, 0.1) is 12.1 Å². The summed E-state index contributed by atoms with van der Waals surface area (Å²) in [7, 11) is 0. The largest absolute Gasteiger partial charge is 0.494 e. The Kier molecular flexibility index (Phi) is 3.78. The number of nitrogens with one attached hydrogen (secondary N) is 1. The van der Waals surface area contributed by atoms with Crippen LogP contribution in [-0.2, 0) is 0 Å². The quantitative estimate of drug-likeness (QED) is 0.868. The Morgan fingerprint density at radius 2 is 2.17 bits per heavy atom. The number of benzene rings is 1. The number of carboxylic acids is 1. The Balaban J connectivity index is 2.13. The summed E-state index contributed by atoms with van der Waals surface area (Å²) in [5.41, 5.74) is 2.33. The van der Waals surface area contributed by atoms with Gasteiger partial charge in [-0.1, -0.05) is 0 Å². The van der Waals surface area contributed by atoms with E-state index in [1.807, 2.05) is 31.2 Å². The molecule has 0 atom stereocenters. The highest BCUT2D eigenvalue weighted by Gasteiger charge is 2.13. The number of nitrogens with zero attached hydrogens (tertiary/aromatic N) is 1. The van der Waals surface area contributed by atoms with E-state index in [1.54, 1.807) is 0 Å². The summed E-state index contributed by atoms with van der Waals surface area (Å²) >= 11 is 1.25. The molecule has 1 heterocycles. The second kappa shape index (κ2) is 5.50. The molecule has 1 aromatic heterocycles. The topological polar surface area (TPSA) is 71.5 Å². The predicted octanol–water partition coefficient (Wildman–Crippen LogP) is 2.98. The Labute approximate surface area is 108 Å². The average Bonchev–Trinajstić information content (AvgIpc) is 2.80. The van der Waals surface area contributed by atoms with Crippen molar-refractivity contribution in [1.29, 1.82) is 0 Å². The number of aromatic carboxylic acids is 1. The van der Waals surface area contributed by atoms with E-state index in [0.717, 1.165) is 11.4 Å². The van der Waals surface area contributed by atoms with Gasteiger partial charge in [0.25, 0.3) is 0 Å².